The lowest BCUT2D eigenvalue weighted by atomic mass is 10.1. The predicted octanol–water partition coefficient (Wildman–Crippen LogP) is 3.37. The van der Waals surface area contributed by atoms with Crippen molar-refractivity contribution in [2.75, 3.05) is 0 Å². The molecule has 2 rings (SSSR count). The number of aromatic nitrogens is 1. The van der Waals surface area contributed by atoms with Crippen molar-refractivity contribution in [3.8, 4) is 0 Å². The van der Waals surface area contributed by atoms with E-state index in [0.29, 0.717) is 5.69 Å². The van der Waals surface area contributed by atoms with E-state index in [4.69, 9.17) is 0 Å². The number of hydrogen-bond acceptors (Lipinski definition) is 2. The van der Waals surface area contributed by atoms with Crippen molar-refractivity contribution in [1.82, 2.24) is 4.98 Å². The molecule has 0 saturated heterocycles. The van der Waals surface area contributed by atoms with Gasteiger partial charge in [0.1, 0.15) is 11.9 Å². The van der Waals surface area contributed by atoms with E-state index in [-0.39, 0.29) is 5.56 Å². The molecule has 0 amide bonds. The first-order valence-corrected chi connectivity index (χ1v) is 5.94. The van der Waals surface area contributed by atoms with Gasteiger partial charge in [0, 0.05) is 15.7 Å². The first-order chi connectivity index (χ1) is 8.08. The molecule has 0 aliphatic heterocycles. The van der Waals surface area contributed by atoms with Crippen molar-refractivity contribution in [2.45, 2.75) is 13.0 Å². The van der Waals surface area contributed by atoms with Crippen LogP contribution in [0.5, 0.6) is 0 Å². The van der Waals surface area contributed by atoms with Gasteiger partial charge < -0.3 is 5.11 Å². The van der Waals surface area contributed by atoms with E-state index in [9.17, 15) is 9.50 Å². The molecular formula is C13H11BrFNO. The highest BCUT2D eigenvalue weighted by Crippen LogP contribution is 2.25. The Morgan fingerprint density at radius 3 is 2.76 bits per heavy atom. The van der Waals surface area contributed by atoms with E-state index >= 15 is 0 Å². The van der Waals surface area contributed by atoms with Gasteiger partial charge in [-0.25, -0.2) is 4.39 Å². The zero-order valence-electron chi connectivity index (χ0n) is 9.19. The highest BCUT2D eigenvalue weighted by atomic mass is 79.9. The van der Waals surface area contributed by atoms with E-state index in [2.05, 4.69) is 20.9 Å². The van der Waals surface area contributed by atoms with Gasteiger partial charge >= 0.3 is 0 Å². The Kier molecular flexibility index (Phi) is 3.54. The van der Waals surface area contributed by atoms with Gasteiger partial charge in [-0.3, -0.25) is 4.98 Å². The smallest absolute Gasteiger partial charge is 0.129 e. The SMILES string of the molecule is Cc1cccc(C(O)c2cc(Br)ccc2F)n1. The third-order valence-electron chi connectivity index (χ3n) is 2.44. The van der Waals surface area contributed by atoms with Crippen LogP contribution in [-0.2, 0) is 0 Å². The maximum Gasteiger partial charge on any atom is 0.129 e. The highest BCUT2D eigenvalue weighted by molar-refractivity contribution is 9.10. The summed E-state index contributed by atoms with van der Waals surface area (Å²) < 4.78 is 14.3. The molecule has 0 spiro atoms. The third-order valence-corrected chi connectivity index (χ3v) is 2.94. The normalized spacial score (nSPS) is 12.5. The monoisotopic (exact) mass is 295 g/mol. The van der Waals surface area contributed by atoms with Gasteiger partial charge in [-0.15, -0.1) is 0 Å². The maximum atomic E-state index is 13.6. The molecule has 1 atom stereocenters. The summed E-state index contributed by atoms with van der Waals surface area (Å²) in [6, 6.07) is 9.76. The third kappa shape index (κ3) is 2.70. The molecule has 1 aromatic heterocycles. The summed E-state index contributed by atoms with van der Waals surface area (Å²) in [5, 5.41) is 10.1. The van der Waals surface area contributed by atoms with Crippen LogP contribution in [0, 0.1) is 12.7 Å². The van der Waals surface area contributed by atoms with E-state index in [1.807, 2.05) is 13.0 Å². The Morgan fingerprint density at radius 1 is 1.29 bits per heavy atom. The number of rotatable bonds is 2. The molecule has 1 heterocycles. The van der Waals surface area contributed by atoms with Crippen LogP contribution in [-0.4, -0.2) is 10.1 Å². The summed E-state index contributed by atoms with van der Waals surface area (Å²) >= 11 is 3.25. The van der Waals surface area contributed by atoms with Crippen molar-refractivity contribution in [1.29, 1.82) is 0 Å². The van der Waals surface area contributed by atoms with Gasteiger partial charge in [-0.1, -0.05) is 22.0 Å². The molecule has 2 nitrogen and oxygen atoms in total. The van der Waals surface area contributed by atoms with Crippen LogP contribution >= 0.6 is 15.9 Å². The molecule has 1 unspecified atom stereocenters. The minimum absolute atomic E-state index is 0.220. The van der Waals surface area contributed by atoms with Gasteiger partial charge in [-0.2, -0.15) is 0 Å². The highest BCUT2D eigenvalue weighted by Gasteiger charge is 2.16. The molecule has 17 heavy (non-hydrogen) atoms. The number of aryl methyl sites for hydroxylation is 1. The molecule has 0 aliphatic carbocycles. The van der Waals surface area contributed by atoms with Gasteiger partial charge in [-0.05, 0) is 37.3 Å². The lowest BCUT2D eigenvalue weighted by Gasteiger charge is -2.12. The molecule has 1 aromatic carbocycles. The average Bonchev–Trinajstić information content (AvgIpc) is 2.31. The molecule has 0 bridgehead atoms. The fraction of sp³-hybridized carbons (Fsp3) is 0.154. The predicted molar refractivity (Wildman–Crippen MR) is 67.1 cm³/mol. The lowest BCUT2D eigenvalue weighted by Crippen LogP contribution is -2.05. The molecule has 0 radical (unpaired) electrons. The minimum atomic E-state index is -1.05. The fourth-order valence-corrected chi connectivity index (χ4v) is 1.98. The quantitative estimate of drug-likeness (QED) is 0.921. The Balaban J connectivity index is 2.43. The number of pyridine rings is 1. The molecule has 1 N–H and O–H groups in total. The van der Waals surface area contributed by atoms with Crippen molar-refractivity contribution in [3.63, 3.8) is 0 Å². The Morgan fingerprint density at radius 2 is 2.06 bits per heavy atom. The fourth-order valence-electron chi connectivity index (χ4n) is 1.60. The Bertz CT molecular complexity index is 545. The molecular weight excluding hydrogens is 285 g/mol. The van der Waals surface area contributed by atoms with Crippen LogP contribution < -0.4 is 0 Å². The van der Waals surface area contributed by atoms with Crippen molar-refractivity contribution >= 4 is 15.9 Å². The lowest BCUT2D eigenvalue weighted by molar-refractivity contribution is 0.210. The number of hydrogen-bond donors (Lipinski definition) is 1. The molecule has 0 saturated carbocycles. The average molecular weight is 296 g/mol. The zero-order valence-corrected chi connectivity index (χ0v) is 10.8. The van der Waals surface area contributed by atoms with Gasteiger partial charge in [0.25, 0.3) is 0 Å². The number of aliphatic hydroxyl groups excluding tert-OH is 1. The molecule has 88 valence electrons. The summed E-state index contributed by atoms with van der Waals surface area (Å²) in [6.07, 6.45) is -1.05. The first kappa shape index (κ1) is 12.2. The van der Waals surface area contributed by atoms with Crippen molar-refractivity contribution in [2.24, 2.45) is 0 Å². The largest absolute Gasteiger partial charge is 0.382 e. The Labute approximate surface area is 107 Å². The standard InChI is InChI=1S/C13H11BrFNO/c1-8-3-2-4-12(16-8)13(17)10-7-9(14)5-6-11(10)15/h2-7,13,17H,1H3. The second kappa shape index (κ2) is 4.94. The number of nitrogens with zero attached hydrogens (tertiary/aromatic N) is 1. The summed E-state index contributed by atoms with van der Waals surface area (Å²) in [6.45, 7) is 1.83. The van der Waals surface area contributed by atoms with E-state index < -0.39 is 11.9 Å². The summed E-state index contributed by atoms with van der Waals surface area (Å²) in [5.41, 5.74) is 1.46. The van der Waals surface area contributed by atoms with Crippen LogP contribution in [0.2, 0.25) is 0 Å². The van der Waals surface area contributed by atoms with Gasteiger partial charge in [0.15, 0.2) is 0 Å². The van der Waals surface area contributed by atoms with E-state index in [1.165, 1.54) is 6.07 Å². The van der Waals surface area contributed by atoms with E-state index in [1.54, 1.807) is 24.3 Å². The van der Waals surface area contributed by atoms with Crippen LogP contribution in [0.15, 0.2) is 40.9 Å². The minimum Gasteiger partial charge on any atom is -0.382 e. The van der Waals surface area contributed by atoms with Crippen LogP contribution in [0.4, 0.5) is 4.39 Å². The van der Waals surface area contributed by atoms with Crippen molar-refractivity contribution < 1.29 is 9.50 Å². The summed E-state index contributed by atoms with van der Waals surface area (Å²) in [4.78, 5) is 4.19. The topological polar surface area (TPSA) is 33.1 Å². The maximum absolute atomic E-state index is 13.6. The van der Waals surface area contributed by atoms with Crippen LogP contribution in [0.1, 0.15) is 23.1 Å². The second-order valence-corrected chi connectivity index (χ2v) is 4.69. The number of aliphatic hydroxyl groups is 1. The first-order valence-electron chi connectivity index (χ1n) is 5.14. The molecule has 0 fully saturated rings. The summed E-state index contributed by atoms with van der Waals surface area (Å²) in [5.74, 6) is -0.441. The second-order valence-electron chi connectivity index (χ2n) is 3.77. The van der Waals surface area contributed by atoms with Crippen molar-refractivity contribution in [3.05, 3.63) is 63.6 Å². The molecule has 0 aliphatic rings. The van der Waals surface area contributed by atoms with Crippen LogP contribution in [0.3, 0.4) is 0 Å². The molecule has 4 heteroatoms. The van der Waals surface area contributed by atoms with E-state index in [0.717, 1.165) is 10.2 Å². The number of halogens is 2. The number of benzene rings is 1. The van der Waals surface area contributed by atoms with Crippen LogP contribution in [0.25, 0.3) is 0 Å². The zero-order chi connectivity index (χ0) is 12.4. The van der Waals surface area contributed by atoms with Gasteiger partial charge in [0.2, 0.25) is 0 Å². The molecule has 2 aromatic rings. The summed E-state index contributed by atoms with van der Waals surface area (Å²) in [7, 11) is 0. The van der Waals surface area contributed by atoms with Gasteiger partial charge in [0.05, 0.1) is 5.69 Å². The Hall–Kier alpha value is -1.26.